The molecule has 1 fully saturated rings. The first-order valence-electron chi connectivity index (χ1n) is 9.89. The zero-order valence-corrected chi connectivity index (χ0v) is 15.9. The highest BCUT2D eigenvalue weighted by molar-refractivity contribution is 5.81. The molecule has 1 aromatic heterocycles. The maximum atomic E-state index is 12.7. The second-order valence-electron chi connectivity index (χ2n) is 7.56. The molecule has 5 heteroatoms. The fourth-order valence-corrected chi connectivity index (χ4v) is 4.13. The van der Waals surface area contributed by atoms with Gasteiger partial charge in [-0.2, -0.15) is 0 Å². The van der Waals surface area contributed by atoms with Gasteiger partial charge in [-0.15, -0.1) is 0 Å². The fraction of sp³-hybridized carbons (Fsp3) is 0.455. The normalized spacial score (nSPS) is 22.6. The van der Waals surface area contributed by atoms with E-state index in [2.05, 4.69) is 40.4 Å². The number of amides is 1. The quantitative estimate of drug-likeness (QED) is 0.905. The van der Waals surface area contributed by atoms with Crippen molar-refractivity contribution in [3.63, 3.8) is 0 Å². The topological polar surface area (TPSA) is 54.5 Å². The van der Waals surface area contributed by atoms with Crippen LogP contribution < -0.4 is 10.1 Å². The van der Waals surface area contributed by atoms with Crippen molar-refractivity contribution in [2.45, 2.75) is 44.2 Å². The summed E-state index contributed by atoms with van der Waals surface area (Å²) < 4.78 is 6.23. The highest BCUT2D eigenvalue weighted by Crippen LogP contribution is 2.38. The van der Waals surface area contributed by atoms with Crippen LogP contribution in [0.2, 0.25) is 0 Å². The van der Waals surface area contributed by atoms with Gasteiger partial charge in [-0.05, 0) is 49.7 Å². The van der Waals surface area contributed by atoms with Gasteiger partial charge in [0.05, 0.1) is 12.6 Å². The lowest BCUT2D eigenvalue weighted by Gasteiger charge is -2.25. The number of pyridine rings is 1. The highest BCUT2D eigenvalue weighted by atomic mass is 16.5. The molecule has 27 heavy (non-hydrogen) atoms. The van der Waals surface area contributed by atoms with Crippen LogP contribution in [0.25, 0.3) is 11.1 Å². The Bertz CT molecular complexity index is 793. The summed E-state index contributed by atoms with van der Waals surface area (Å²) in [6.45, 7) is 1.55. The van der Waals surface area contributed by atoms with E-state index in [1.165, 1.54) is 18.4 Å². The lowest BCUT2D eigenvalue weighted by atomic mass is 10.0. The van der Waals surface area contributed by atoms with Crippen LogP contribution in [-0.2, 0) is 11.2 Å². The molecule has 2 aliphatic heterocycles. The monoisotopic (exact) mass is 365 g/mol. The Morgan fingerprint density at radius 2 is 2.07 bits per heavy atom. The zero-order valence-electron chi connectivity index (χ0n) is 15.9. The minimum atomic E-state index is -0.0111. The van der Waals surface area contributed by atoms with Crippen molar-refractivity contribution in [3.05, 3.63) is 48.3 Å². The van der Waals surface area contributed by atoms with Gasteiger partial charge < -0.3 is 10.1 Å². The van der Waals surface area contributed by atoms with E-state index >= 15 is 0 Å². The number of aromatic nitrogens is 1. The molecule has 2 atom stereocenters. The van der Waals surface area contributed by atoms with E-state index in [0.29, 0.717) is 6.54 Å². The van der Waals surface area contributed by atoms with Crippen LogP contribution in [0, 0.1) is 0 Å². The molecule has 5 nitrogen and oxygen atoms in total. The lowest BCUT2D eigenvalue weighted by Crippen LogP contribution is -2.47. The Morgan fingerprint density at radius 3 is 2.93 bits per heavy atom. The third-order valence-electron chi connectivity index (χ3n) is 5.65. The molecule has 1 aromatic carbocycles. The Balaban J connectivity index is 1.40. The predicted molar refractivity (Wildman–Crippen MR) is 106 cm³/mol. The fourth-order valence-electron chi connectivity index (χ4n) is 4.13. The number of nitrogens with one attached hydrogen (secondary N) is 1. The van der Waals surface area contributed by atoms with Gasteiger partial charge in [0.15, 0.2) is 0 Å². The number of carbonyl (C=O) groups excluding carboxylic acids is 1. The number of likely N-dealkylation sites (N-methyl/N-ethyl adjacent to an activating group) is 1. The number of carbonyl (C=O) groups is 1. The molecule has 0 spiro atoms. The van der Waals surface area contributed by atoms with Gasteiger partial charge in [-0.3, -0.25) is 14.7 Å². The Labute approximate surface area is 160 Å². The van der Waals surface area contributed by atoms with Crippen molar-refractivity contribution in [2.75, 3.05) is 20.1 Å². The zero-order chi connectivity index (χ0) is 18.6. The standard InChI is InChI=1S/C22H27N3O2/c1-25-13-4-2-3-8-20(25)22(26)24-15-18-14-17-6-5-7-19(21(17)27-18)16-9-11-23-12-10-16/h5-7,9-12,18,20H,2-4,8,13-15H2,1H3,(H,24,26)/t18-,20-/m1/s1. The second-order valence-corrected chi connectivity index (χ2v) is 7.56. The van der Waals surface area contributed by atoms with E-state index < -0.39 is 0 Å². The molecule has 0 radical (unpaired) electrons. The summed E-state index contributed by atoms with van der Waals surface area (Å²) in [5.41, 5.74) is 3.40. The van der Waals surface area contributed by atoms with Gasteiger partial charge in [0.2, 0.25) is 5.91 Å². The highest BCUT2D eigenvalue weighted by Gasteiger charge is 2.28. The number of hydrogen-bond acceptors (Lipinski definition) is 4. The summed E-state index contributed by atoms with van der Waals surface area (Å²) in [4.78, 5) is 18.9. The van der Waals surface area contributed by atoms with E-state index in [1.807, 2.05) is 12.1 Å². The Morgan fingerprint density at radius 1 is 1.22 bits per heavy atom. The van der Waals surface area contributed by atoms with Crippen molar-refractivity contribution in [1.82, 2.24) is 15.2 Å². The molecule has 0 bridgehead atoms. The molecule has 1 saturated heterocycles. The van der Waals surface area contributed by atoms with Crippen LogP contribution in [0.4, 0.5) is 0 Å². The van der Waals surface area contributed by atoms with E-state index in [1.54, 1.807) is 12.4 Å². The number of fused-ring (bicyclic) bond motifs is 1. The van der Waals surface area contributed by atoms with E-state index in [0.717, 1.165) is 42.7 Å². The number of rotatable bonds is 4. The molecule has 1 N–H and O–H groups in total. The second kappa shape index (κ2) is 8.09. The average molecular weight is 365 g/mol. The summed E-state index contributed by atoms with van der Waals surface area (Å²) in [5, 5.41) is 3.13. The average Bonchev–Trinajstić information content (AvgIpc) is 3.00. The molecule has 142 valence electrons. The van der Waals surface area contributed by atoms with Crippen molar-refractivity contribution >= 4 is 5.91 Å². The third kappa shape index (κ3) is 3.98. The van der Waals surface area contributed by atoms with E-state index in [4.69, 9.17) is 4.74 Å². The summed E-state index contributed by atoms with van der Waals surface area (Å²) in [6.07, 6.45) is 8.88. The number of para-hydroxylation sites is 1. The van der Waals surface area contributed by atoms with E-state index in [-0.39, 0.29) is 18.1 Å². The van der Waals surface area contributed by atoms with Crippen LogP contribution in [0.1, 0.15) is 31.2 Å². The first kappa shape index (κ1) is 18.0. The predicted octanol–water partition coefficient (Wildman–Crippen LogP) is 3.04. The molecule has 0 aliphatic carbocycles. The Hall–Kier alpha value is -2.40. The number of likely N-dealkylation sites (tertiary alicyclic amines) is 1. The molecule has 3 heterocycles. The molecule has 4 rings (SSSR count). The number of ether oxygens (including phenoxy) is 1. The van der Waals surface area contributed by atoms with Gasteiger partial charge in [0.1, 0.15) is 11.9 Å². The number of hydrogen-bond donors (Lipinski definition) is 1. The third-order valence-corrected chi connectivity index (χ3v) is 5.65. The number of benzene rings is 1. The van der Waals surface area contributed by atoms with Gasteiger partial charge in [-0.1, -0.05) is 31.0 Å². The summed E-state index contributed by atoms with van der Waals surface area (Å²) in [7, 11) is 2.05. The maximum absolute atomic E-state index is 12.7. The summed E-state index contributed by atoms with van der Waals surface area (Å²) in [6, 6.07) is 10.2. The minimum Gasteiger partial charge on any atom is -0.487 e. The molecule has 2 aliphatic rings. The molecule has 0 unspecified atom stereocenters. The smallest absolute Gasteiger partial charge is 0.237 e. The molecule has 0 saturated carbocycles. The molecular weight excluding hydrogens is 338 g/mol. The summed E-state index contributed by atoms with van der Waals surface area (Å²) in [5.74, 6) is 1.07. The first-order chi connectivity index (χ1) is 13.2. The largest absolute Gasteiger partial charge is 0.487 e. The Kier molecular flexibility index (Phi) is 5.39. The van der Waals surface area contributed by atoms with Crippen molar-refractivity contribution in [1.29, 1.82) is 0 Å². The van der Waals surface area contributed by atoms with Crippen LogP contribution in [0.5, 0.6) is 5.75 Å². The molecule has 2 aromatic rings. The van der Waals surface area contributed by atoms with Gasteiger partial charge in [0, 0.05) is 24.4 Å². The van der Waals surface area contributed by atoms with Crippen LogP contribution in [0.15, 0.2) is 42.7 Å². The van der Waals surface area contributed by atoms with Crippen molar-refractivity contribution in [3.8, 4) is 16.9 Å². The number of nitrogens with zero attached hydrogens (tertiary/aromatic N) is 2. The SMILES string of the molecule is CN1CCCCC[C@@H]1C(=O)NC[C@H]1Cc2cccc(-c3ccncc3)c2O1. The molecular formula is C22H27N3O2. The van der Waals surface area contributed by atoms with Crippen LogP contribution in [0.3, 0.4) is 0 Å². The van der Waals surface area contributed by atoms with Crippen LogP contribution >= 0.6 is 0 Å². The maximum Gasteiger partial charge on any atom is 0.237 e. The minimum absolute atomic E-state index is 0.0105. The van der Waals surface area contributed by atoms with Crippen LogP contribution in [-0.4, -0.2) is 48.1 Å². The summed E-state index contributed by atoms with van der Waals surface area (Å²) >= 11 is 0. The van der Waals surface area contributed by atoms with Gasteiger partial charge in [-0.25, -0.2) is 0 Å². The van der Waals surface area contributed by atoms with Crippen molar-refractivity contribution < 1.29 is 9.53 Å². The molecule has 1 amide bonds. The van der Waals surface area contributed by atoms with E-state index in [9.17, 15) is 4.79 Å². The van der Waals surface area contributed by atoms with Gasteiger partial charge in [0.25, 0.3) is 0 Å². The first-order valence-corrected chi connectivity index (χ1v) is 9.89. The van der Waals surface area contributed by atoms with Gasteiger partial charge >= 0.3 is 0 Å². The lowest BCUT2D eigenvalue weighted by molar-refractivity contribution is -0.126. The van der Waals surface area contributed by atoms with Crippen molar-refractivity contribution in [2.24, 2.45) is 0 Å².